The lowest BCUT2D eigenvalue weighted by Gasteiger charge is -2.25. The summed E-state index contributed by atoms with van der Waals surface area (Å²) in [6.45, 7) is 3.00. The van der Waals surface area contributed by atoms with Crippen LogP contribution in [0.2, 0.25) is 0 Å². The Kier molecular flexibility index (Phi) is 4.75. The molecule has 0 radical (unpaired) electrons. The van der Waals surface area contributed by atoms with Crippen molar-refractivity contribution in [2.24, 2.45) is 11.8 Å². The number of carbonyl (C=O) groups excluding carboxylic acids is 1. The molecule has 1 aliphatic carbocycles. The minimum Gasteiger partial charge on any atom is -0.355 e. The average molecular weight is 339 g/mol. The number of hydrogen-bond donors (Lipinski definition) is 1. The first-order valence-corrected chi connectivity index (χ1v) is 10.3. The molecule has 1 amide bonds. The largest absolute Gasteiger partial charge is 0.355 e. The molecule has 23 heavy (non-hydrogen) atoms. The van der Waals surface area contributed by atoms with Gasteiger partial charge in [-0.1, -0.05) is 6.42 Å². The van der Waals surface area contributed by atoms with Crippen LogP contribution in [0.5, 0.6) is 0 Å². The topological polar surface area (TPSA) is 81.1 Å². The van der Waals surface area contributed by atoms with Crippen molar-refractivity contribution in [2.45, 2.75) is 45.6 Å². The highest BCUT2D eigenvalue weighted by Gasteiger charge is 2.27. The maximum Gasteiger partial charge on any atom is 0.223 e. The van der Waals surface area contributed by atoms with Gasteiger partial charge in [0.2, 0.25) is 5.91 Å². The summed E-state index contributed by atoms with van der Waals surface area (Å²) in [5.74, 6) is 1.56. The van der Waals surface area contributed by atoms with Gasteiger partial charge < -0.3 is 9.88 Å². The van der Waals surface area contributed by atoms with Crippen molar-refractivity contribution in [1.29, 1.82) is 0 Å². The fourth-order valence-electron chi connectivity index (χ4n) is 3.42. The first-order valence-electron chi connectivity index (χ1n) is 8.44. The van der Waals surface area contributed by atoms with E-state index in [9.17, 15) is 13.2 Å². The lowest BCUT2D eigenvalue weighted by molar-refractivity contribution is -0.125. The fourth-order valence-corrected chi connectivity index (χ4v) is 5.05. The molecule has 1 atom stereocenters. The predicted octanol–water partition coefficient (Wildman–Crippen LogP) is 1.09. The quantitative estimate of drug-likeness (QED) is 0.841. The Hall–Kier alpha value is -1.37. The second-order valence-electron chi connectivity index (χ2n) is 6.84. The zero-order valence-corrected chi connectivity index (χ0v) is 14.4. The van der Waals surface area contributed by atoms with Crippen molar-refractivity contribution in [3.63, 3.8) is 0 Å². The Balaban J connectivity index is 1.45. The highest BCUT2D eigenvalue weighted by atomic mass is 32.2. The van der Waals surface area contributed by atoms with Gasteiger partial charge in [-0.25, -0.2) is 13.4 Å². The molecule has 1 saturated carbocycles. The first kappa shape index (κ1) is 16.5. The van der Waals surface area contributed by atoms with Crippen LogP contribution in [0.3, 0.4) is 0 Å². The Morgan fingerprint density at radius 2 is 2.17 bits per heavy atom. The third kappa shape index (κ3) is 3.94. The number of nitrogens with zero attached hydrogens (tertiary/aromatic N) is 2. The minimum absolute atomic E-state index is 0.0334. The maximum absolute atomic E-state index is 12.3. The van der Waals surface area contributed by atoms with Crippen LogP contribution in [-0.2, 0) is 27.6 Å². The first-order chi connectivity index (χ1) is 10.9. The van der Waals surface area contributed by atoms with E-state index in [0.717, 1.165) is 43.7 Å². The van der Waals surface area contributed by atoms with E-state index < -0.39 is 9.84 Å². The normalized spacial score (nSPS) is 21.5. The van der Waals surface area contributed by atoms with Gasteiger partial charge in [-0.3, -0.25) is 4.79 Å². The van der Waals surface area contributed by atoms with Crippen LogP contribution in [-0.4, -0.2) is 41.9 Å². The lowest BCUT2D eigenvalue weighted by atomic mass is 9.87. The molecule has 0 spiro atoms. The minimum atomic E-state index is -3.04. The average Bonchev–Trinajstić information content (AvgIpc) is 2.84. The summed E-state index contributed by atoms with van der Waals surface area (Å²) in [4.78, 5) is 16.5. The van der Waals surface area contributed by atoms with Crippen LogP contribution in [0.4, 0.5) is 0 Å². The number of hydrogen-bond acceptors (Lipinski definition) is 4. The summed E-state index contributed by atoms with van der Waals surface area (Å²) >= 11 is 0. The Bertz CT molecular complexity index is 677. The van der Waals surface area contributed by atoms with Gasteiger partial charge in [-0.15, -0.1) is 0 Å². The molecule has 0 saturated heterocycles. The Morgan fingerprint density at radius 1 is 1.39 bits per heavy atom. The van der Waals surface area contributed by atoms with Crippen molar-refractivity contribution in [3.05, 3.63) is 17.7 Å². The van der Waals surface area contributed by atoms with Crippen molar-refractivity contribution >= 4 is 15.7 Å². The van der Waals surface area contributed by atoms with E-state index in [-0.39, 0.29) is 29.9 Å². The molecule has 0 aromatic carbocycles. The van der Waals surface area contributed by atoms with E-state index in [2.05, 4.69) is 14.9 Å². The van der Waals surface area contributed by atoms with Crippen LogP contribution in [0.15, 0.2) is 6.20 Å². The molecule has 1 N–H and O–H groups in total. The molecule has 1 unspecified atom stereocenters. The number of fused-ring (bicyclic) bond motifs is 1. The van der Waals surface area contributed by atoms with Gasteiger partial charge in [0.05, 0.1) is 11.5 Å². The molecule has 2 heterocycles. The number of sulfone groups is 1. The van der Waals surface area contributed by atoms with Gasteiger partial charge in [-0.05, 0) is 32.1 Å². The third-order valence-electron chi connectivity index (χ3n) is 5.09. The molecule has 1 aromatic rings. The monoisotopic (exact) mass is 339 g/mol. The van der Waals surface area contributed by atoms with Crippen molar-refractivity contribution in [3.8, 4) is 0 Å². The molecule has 1 aromatic heterocycles. The summed E-state index contributed by atoms with van der Waals surface area (Å²) in [5, 5.41) is 2.81. The van der Waals surface area contributed by atoms with Crippen molar-refractivity contribution in [2.75, 3.05) is 18.1 Å². The van der Waals surface area contributed by atoms with Crippen molar-refractivity contribution in [1.82, 2.24) is 14.9 Å². The highest BCUT2D eigenvalue weighted by Crippen LogP contribution is 2.27. The number of amides is 1. The van der Waals surface area contributed by atoms with Gasteiger partial charge in [-0.2, -0.15) is 0 Å². The van der Waals surface area contributed by atoms with E-state index in [1.54, 1.807) is 0 Å². The van der Waals surface area contributed by atoms with Gasteiger partial charge in [0, 0.05) is 37.3 Å². The lowest BCUT2D eigenvalue weighted by Crippen LogP contribution is -2.38. The highest BCUT2D eigenvalue weighted by molar-refractivity contribution is 7.91. The molecule has 1 aliphatic heterocycles. The number of imidazole rings is 1. The molecular weight excluding hydrogens is 314 g/mol. The Labute approximate surface area is 137 Å². The van der Waals surface area contributed by atoms with E-state index in [0.29, 0.717) is 12.3 Å². The summed E-state index contributed by atoms with van der Waals surface area (Å²) in [6, 6.07) is 0. The van der Waals surface area contributed by atoms with Crippen LogP contribution in [0, 0.1) is 18.8 Å². The predicted molar refractivity (Wildman–Crippen MR) is 87.8 cm³/mol. The van der Waals surface area contributed by atoms with E-state index in [4.69, 9.17) is 0 Å². The van der Waals surface area contributed by atoms with Crippen LogP contribution in [0.25, 0.3) is 0 Å². The number of carbonyl (C=O) groups is 1. The van der Waals surface area contributed by atoms with Crippen LogP contribution < -0.4 is 5.32 Å². The summed E-state index contributed by atoms with van der Waals surface area (Å²) in [6.07, 6.45) is 6.50. The molecule has 7 heteroatoms. The van der Waals surface area contributed by atoms with Crippen molar-refractivity contribution < 1.29 is 13.2 Å². The number of aromatic nitrogens is 2. The van der Waals surface area contributed by atoms with Gasteiger partial charge in [0.1, 0.15) is 5.82 Å². The second kappa shape index (κ2) is 6.63. The van der Waals surface area contributed by atoms with Gasteiger partial charge in [0.25, 0.3) is 0 Å². The van der Waals surface area contributed by atoms with Crippen LogP contribution in [0.1, 0.15) is 37.2 Å². The zero-order chi connectivity index (χ0) is 16.4. The number of aryl methyl sites for hydroxylation is 1. The fraction of sp³-hybridized carbons (Fsp3) is 0.750. The number of rotatable bonds is 6. The number of nitrogens with one attached hydrogen (secondary N) is 1. The van der Waals surface area contributed by atoms with E-state index in [1.165, 1.54) is 0 Å². The second-order valence-corrected chi connectivity index (χ2v) is 9.07. The van der Waals surface area contributed by atoms with Crippen LogP contribution >= 0.6 is 0 Å². The molecule has 2 aliphatic rings. The van der Waals surface area contributed by atoms with Gasteiger partial charge >= 0.3 is 0 Å². The molecule has 128 valence electrons. The Morgan fingerprint density at radius 3 is 2.87 bits per heavy atom. The molecule has 6 nitrogen and oxygen atoms in total. The molecule has 3 rings (SSSR count). The standard InChI is InChI=1S/C16H25N3O3S/c1-12-18-10-15-9-14(5-7-19(12)15)16(20)17-6-8-23(21,22)11-13-3-2-4-13/h10,13-14H,2-9,11H2,1H3,(H,17,20). The summed E-state index contributed by atoms with van der Waals surface area (Å²) < 4.78 is 26.1. The smallest absolute Gasteiger partial charge is 0.223 e. The SMILES string of the molecule is Cc1ncc2n1CCC(C(=O)NCCS(=O)(=O)CC1CCC1)C2. The third-order valence-corrected chi connectivity index (χ3v) is 6.90. The summed E-state index contributed by atoms with van der Waals surface area (Å²) in [7, 11) is -3.04. The molecule has 1 fully saturated rings. The van der Waals surface area contributed by atoms with E-state index in [1.807, 2.05) is 13.1 Å². The molecular formula is C16H25N3O3S. The van der Waals surface area contributed by atoms with E-state index >= 15 is 0 Å². The molecule has 0 bridgehead atoms. The maximum atomic E-state index is 12.3. The zero-order valence-electron chi connectivity index (χ0n) is 13.6. The summed E-state index contributed by atoms with van der Waals surface area (Å²) in [5.41, 5.74) is 1.09. The van der Waals surface area contributed by atoms with Gasteiger partial charge in [0.15, 0.2) is 9.84 Å².